The van der Waals surface area contributed by atoms with Gasteiger partial charge in [-0.3, -0.25) is 19.2 Å². The summed E-state index contributed by atoms with van der Waals surface area (Å²) in [5, 5.41) is 0. The molecule has 0 aliphatic heterocycles. The first-order valence-electron chi connectivity index (χ1n) is 6.11. The van der Waals surface area contributed by atoms with E-state index in [1.54, 1.807) is 6.92 Å². The summed E-state index contributed by atoms with van der Waals surface area (Å²) < 4.78 is 5.13. The molecule has 5 heteroatoms. The fraction of sp³-hybridized carbons (Fsp3) is 0.429. The maximum Gasteiger partial charge on any atom is 0.198 e. The molecule has 1 rings (SSSR count). The first-order chi connectivity index (χ1) is 8.93. The number of hydrogen-bond donors (Lipinski definition) is 0. The smallest absolute Gasteiger partial charge is 0.198 e. The van der Waals surface area contributed by atoms with Crippen molar-refractivity contribution in [2.75, 3.05) is 0 Å². The van der Waals surface area contributed by atoms with Crippen molar-refractivity contribution in [2.24, 2.45) is 0 Å². The topological polar surface area (TPSA) is 81.4 Å². The fourth-order valence-electron chi connectivity index (χ4n) is 1.55. The van der Waals surface area contributed by atoms with E-state index >= 15 is 0 Å². The van der Waals surface area contributed by atoms with Crippen LogP contribution >= 0.6 is 0 Å². The van der Waals surface area contributed by atoms with Gasteiger partial charge in [0.2, 0.25) is 0 Å². The number of ketones is 4. The van der Waals surface area contributed by atoms with Gasteiger partial charge in [-0.05, 0) is 19.1 Å². The van der Waals surface area contributed by atoms with Gasteiger partial charge in [0.1, 0.15) is 11.6 Å². The number of hydrogen-bond acceptors (Lipinski definition) is 5. The molecule has 0 spiro atoms. The van der Waals surface area contributed by atoms with Gasteiger partial charge in [-0.1, -0.05) is 6.92 Å². The first kappa shape index (κ1) is 15.0. The van der Waals surface area contributed by atoms with Crippen LogP contribution in [0.25, 0.3) is 0 Å². The van der Waals surface area contributed by atoms with Gasteiger partial charge in [-0.15, -0.1) is 0 Å². The highest BCUT2D eigenvalue weighted by Crippen LogP contribution is 2.13. The lowest BCUT2D eigenvalue weighted by Gasteiger charge is -1.97. The summed E-state index contributed by atoms with van der Waals surface area (Å²) in [6.45, 7) is 3.03. The molecule has 1 aromatic rings. The molecule has 0 aromatic carbocycles. The quantitative estimate of drug-likeness (QED) is 0.532. The number of carbonyl (C=O) groups excluding carboxylic acids is 4. The minimum atomic E-state index is -0.341. The summed E-state index contributed by atoms with van der Waals surface area (Å²) in [7, 11) is 0. The Morgan fingerprint density at radius 1 is 1.00 bits per heavy atom. The van der Waals surface area contributed by atoms with E-state index in [-0.39, 0.29) is 53.9 Å². The maximum atomic E-state index is 11.7. The van der Waals surface area contributed by atoms with Crippen LogP contribution in [0.4, 0.5) is 0 Å². The Morgan fingerprint density at radius 2 is 1.58 bits per heavy atom. The largest absolute Gasteiger partial charge is 0.450 e. The van der Waals surface area contributed by atoms with Crippen LogP contribution in [0.3, 0.4) is 0 Å². The molecule has 0 N–H and O–H groups in total. The molecule has 0 fully saturated rings. The first-order valence-corrected chi connectivity index (χ1v) is 6.11. The van der Waals surface area contributed by atoms with Crippen LogP contribution in [0, 0.1) is 0 Å². The van der Waals surface area contributed by atoms with Crippen molar-refractivity contribution in [3.63, 3.8) is 0 Å². The van der Waals surface area contributed by atoms with Crippen molar-refractivity contribution in [1.82, 2.24) is 0 Å². The lowest BCUT2D eigenvalue weighted by atomic mass is 10.1. The van der Waals surface area contributed by atoms with Gasteiger partial charge in [0, 0.05) is 19.3 Å². The van der Waals surface area contributed by atoms with Gasteiger partial charge in [-0.25, -0.2) is 0 Å². The summed E-state index contributed by atoms with van der Waals surface area (Å²) in [6, 6.07) is 2.89. The van der Waals surface area contributed by atoms with Gasteiger partial charge in [0.15, 0.2) is 23.1 Å². The minimum absolute atomic E-state index is 0.0101. The van der Waals surface area contributed by atoms with E-state index in [9.17, 15) is 19.2 Å². The third kappa shape index (κ3) is 4.62. The number of carbonyl (C=O) groups is 4. The summed E-state index contributed by atoms with van der Waals surface area (Å²) >= 11 is 0. The lowest BCUT2D eigenvalue weighted by molar-refractivity contribution is -0.125. The van der Waals surface area contributed by atoms with Crippen molar-refractivity contribution in [3.8, 4) is 0 Å². The van der Waals surface area contributed by atoms with Crippen LogP contribution in [-0.2, 0) is 9.59 Å². The van der Waals surface area contributed by atoms with Crippen LogP contribution in [0.15, 0.2) is 16.5 Å². The zero-order valence-corrected chi connectivity index (χ0v) is 11.0. The third-order valence-corrected chi connectivity index (χ3v) is 2.55. The Morgan fingerprint density at radius 3 is 2.11 bits per heavy atom. The Hall–Kier alpha value is -2.04. The molecule has 0 atom stereocenters. The summed E-state index contributed by atoms with van der Waals surface area (Å²) in [5.74, 6) is -0.768. The van der Waals surface area contributed by atoms with E-state index in [0.717, 1.165) is 0 Å². The highest BCUT2D eigenvalue weighted by atomic mass is 16.4. The molecule has 5 nitrogen and oxygen atoms in total. The van der Waals surface area contributed by atoms with E-state index in [1.165, 1.54) is 19.1 Å². The van der Waals surface area contributed by atoms with Crippen LogP contribution in [0.1, 0.15) is 60.6 Å². The van der Waals surface area contributed by atoms with E-state index < -0.39 is 0 Å². The lowest BCUT2D eigenvalue weighted by Crippen LogP contribution is -2.07. The molecular weight excluding hydrogens is 248 g/mol. The fourth-order valence-corrected chi connectivity index (χ4v) is 1.55. The Kier molecular flexibility index (Phi) is 5.36. The molecule has 0 aliphatic rings. The Balaban J connectivity index is 2.54. The molecule has 0 aliphatic carbocycles. The van der Waals surface area contributed by atoms with Crippen molar-refractivity contribution in [3.05, 3.63) is 23.7 Å². The molecular formula is C14H16O5. The van der Waals surface area contributed by atoms with Gasteiger partial charge in [-0.2, -0.15) is 0 Å². The minimum Gasteiger partial charge on any atom is -0.450 e. The van der Waals surface area contributed by atoms with Crippen molar-refractivity contribution < 1.29 is 23.6 Å². The molecule has 1 aromatic heterocycles. The number of furan rings is 1. The van der Waals surface area contributed by atoms with E-state index in [1.807, 2.05) is 0 Å². The van der Waals surface area contributed by atoms with E-state index in [0.29, 0.717) is 6.42 Å². The van der Waals surface area contributed by atoms with E-state index in [2.05, 4.69) is 0 Å². The molecule has 0 saturated carbocycles. The molecule has 0 bridgehead atoms. The van der Waals surface area contributed by atoms with Gasteiger partial charge < -0.3 is 4.42 Å². The highest BCUT2D eigenvalue weighted by molar-refractivity contribution is 6.01. The average Bonchev–Trinajstić information content (AvgIpc) is 2.83. The monoisotopic (exact) mass is 264 g/mol. The molecule has 0 radical (unpaired) electrons. The molecule has 0 saturated heterocycles. The standard InChI is InChI=1S/C14H16O5/c1-3-11(17)13-6-7-14(19-13)12(18)5-4-10(16)8-9(2)15/h6-7H,3-5,8H2,1-2H3. The summed E-state index contributed by atoms with van der Waals surface area (Å²) in [6.07, 6.45) is 0.152. The van der Waals surface area contributed by atoms with Crippen molar-refractivity contribution >= 4 is 23.1 Å². The highest BCUT2D eigenvalue weighted by Gasteiger charge is 2.16. The Bertz CT molecular complexity index is 510. The zero-order chi connectivity index (χ0) is 14.4. The average molecular weight is 264 g/mol. The second-order valence-electron chi connectivity index (χ2n) is 4.28. The molecule has 0 amide bonds. The molecule has 102 valence electrons. The van der Waals surface area contributed by atoms with Crippen molar-refractivity contribution in [1.29, 1.82) is 0 Å². The van der Waals surface area contributed by atoms with Crippen LogP contribution < -0.4 is 0 Å². The van der Waals surface area contributed by atoms with Gasteiger partial charge >= 0.3 is 0 Å². The SMILES string of the molecule is CCC(=O)c1ccc(C(=O)CCC(=O)CC(C)=O)o1. The van der Waals surface area contributed by atoms with Crippen molar-refractivity contribution in [2.45, 2.75) is 39.5 Å². The maximum absolute atomic E-state index is 11.7. The van der Waals surface area contributed by atoms with E-state index in [4.69, 9.17) is 4.42 Å². The number of Topliss-reactive ketones (excluding diaryl/α,β-unsaturated/α-hetero) is 4. The predicted molar refractivity (Wildman–Crippen MR) is 67.2 cm³/mol. The zero-order valence-electron chi connectivity index (χ0n) is 11.0. The van der Waals surface area contributed by atoms with Crippen LogP contribution in [0.5, 0.6) is 0 Å². The van der Waals surface area contributed by atoms with Crippen LogP contribution in [-0.4, -0.2) is 23.1 Å². The molecule has 19 heavy (non-hydrogen) atoms. The summed E-state index contributed by atoms with van der Waals surface area (Å²) in [5.41, 5.74) is 0. The van der Waals surface area contributed by atoms with Crippen LogP contribution in [0.2, 0.25) is 0 Å². The molecule has 1 heterocycles. The van der Waals surface area contributed by atoms with Gasteiger partial charge in [0.05, 0.1) is 6.42 Å². The molecule has 0 unspecified atom stereocenters. The predicted octanol–water partition coefficient (Wildman–Crippen LogP) is 2.38. The second-order valence-corrected chi connectivity index (χ2v) is 4.28. The van der Waals surface area contributed by atoms with Gasteiger partial charge in [0.25, 0.3) is 0 Å². The Labute approximate surface area is 111 Å². The normalized spacial score (nSPS) is 10.2. The second kappa shape index (κ2) is 6.78. The summed E-state index contributed by atoms with van der Waals surface area (Å²) in [4.78, 5) is 45.1. The number of rotatable bonds is 8. The third-order valence-electron chi connectivity index (χ3n) is 2.55.